The zero-order chi connectivity index (χ0) is 13.0. The van der Waals surface area contributed by atoms with Crippen molar-refractivity contribution in [3.8, 4) is 0 Å². The Morgan fingerprint density at radius 1 is 1.28 bits per heavy atom. The van der Waals surface area contributed by atoms with E-state index in [1.165, 1.54) is 23.9 Å². The molecule has 2 N–H and O–H groups in total. The van der Waals surface area contributed by atoms with Gasteiger partial charge in [-0.2, -0.15) is 0 Å². The zero-order valence-corrected chi connectivity index (χ0v) is 12.0. The number of aromatic nitrogens is 1. The Balaban J connectivity index is 2.20. The molecule has 0 atom stereocenters. The van der Waals surface area contributed by atoms with Crippen LogP contribution in [0, 0.1) is 5.82 Å². The lowest BCUT2D eigenvalue weighted by Gasteiger charge is -2.05. The number of nitrogens with zero attached hydrogens (tertiary/aromatic N) is 1. The number of hydrogen-bond donors (Lipinski definition) is 1. The van der Waals surface area contributed by atoms with Gasteiger partial charge >= 0.3 is 0 Å². The van der Waals surface area contributed by atoms with Gasteiger partial charge in [-0.3, -0.25) is 0 Å². The maximum absolute atomic E-state index is 13.4. The van der Waals surface area contributed by atoms with Gasteiger partial charge in [0.2, 0.25) is 0 Å². The molecule has 0 saturated carbocycles. The molecule has 0 spiro atoms. The number of hydrogen-bond acceptors (Lipinski definition) is 3. The first-order valence-corrected chi connectivity index (χ1v) is 7.07. The third-order valence-corrected chi connectivity index (χ3v) is 3.68. The zero-order valence-electron chi connectivity index (χ0n) is 9.57. The summed E-state index contributed by atoms with van der Waals surface area (Å²) in [5.74, 6) is -0.236. The normalized spacial score (nSPS) is 10.6. The minimum Gasteiger partial charge on any atom is -0.330 e. The first-order valence-electron chi connectivity index (χ1n) is 5.46. The molecular weight excluding hydrogens is 315 g/mol. The average molecular weight is 327 g/mol. The molecule has 0 radical (unpaired) electrons. The van der Waals surface area contributed by atoms with Crippen LogP contribution in [0.1, 0.15) is 5.56 Å². The van der Waals surface area contributed by atoms with Gasteiger partial charge in [-0.1, -0.05) is 11.8 Å². The summed E-state index contributed by atoms with van der Waals surface area (Å²) in [6.45, 7) is 0.518. The molecule has 0 aliphatic carbocycles. The largest absolute Gasteiger partial charge is 0.330 e. The van der Waals surface area contributed by atoms with Crippen molar-refractivity contribution >= 4 is 27.7 Å². The summed E-state index contributed by atoms with van der Waals surface area (Å²) in [6, 6.07) is 8.78. The van der Waals surface area contributed by atoms with Crippen molar-refractivity contribution in [1.29, 1.82) is 0 Å². The number of halogens is 2. The topological polar surface area (TPSA) is 38.9 Å². The summed E-state index contributed by atoms with van der Waals surface area (Å²) in [4.78, 5) is 5.09. The van der Waals surface area contributed by atoms with Gasteiger partial charge in [0, 0.05) is 15.6 Å². The van der Waals surface area contributed by atoms with Crippen LogP contribution in [0.2, 0.25) is 0 Å². The van der Waals surface area contributed by atoms with Crippen LogP contribution in [0.15, 0.2) is 50.9 Å². The Morgan fingerprint density at radius 3 is 2.78 bits per heavy atom. The van der Waals surface area contributed by atoms with Crippen LogP contribution in [-0.2, 0) is 6.42 Å². The van der Waals surface area contributed by atoms with Crippen LogP contribution < -0.4 is 5.73 Å². The van der Waals surface area contributed by atoms with Gasteiger partial charge in [0.05, 0.1) is 0 Å². The average Bonchev–Trinajstić information content (AvgIpc) is 2.32. The molecule has 0 bridgehead atoms. The minimum absolute atomic E-state index is 0.236. The molecule has 5 heteroatoms. The minimum atomic E-state index is -0.236. The smallest absolute Gasteiger partial charge is 0.124 e. The second kappa shape index (κ2) is 6.31. The molecule has 94 valence electrons. The quantitative estimate of drug-likeness (QED) is 0.932. The number of rotatable bonds is 4. The van der Waals surface area contributed by atoms with Crippen molar-refractivity contribution in [3.63, 3.8) is 0 Å². The molecule has 0 unspecified atom stereocenters. The highest BCUT2D eigenvalue weighted by molar-refractivity contribution is 9.10. The van der Waals surface area contributed by atoms with Crippen LogP contribution in [-0.4, -0.2) is 11.5 Å². The van der Waals surface area contributed by atoms with Crippen LogP contribution in [0.4, 0.5) is 4.39 Å². The van der Waals surface area contributed by atoms with E-state index < -0.39 is 0 Å². The first-order chi connectivity index (χ1) is 8.67. The standard InChI is InChI=1S/C13H12BrFN2S/c14-10-1-2-13(17-8-10)18-12-6-9(3-4-16)5-11(15)7-12/h1-2,5-8H,3-4,16H2. The highest BCUT2D eigenvalue weighted by atomic mass is 79.9. The van der Waals surface area contributed by atoms with Crippen molar-refractivity contribution in [2.45, 2.75) is 16.3 Å². The highest BCUT2D eigenvalue weighted by Gasteiger charge is 2.03. The van der Waals surface area contributed by atoms with Crippen molar-refractivity contribution < 1.29 is 4.39 Å². The van der Waals surface area contributed by atoms with E-state index in [-0.39, 0.29) is 5.82 Å². The molecule has 0 fully saturated rings. The highest BCUT2D eigenvalue weighted by Crippen LogP contribution is 2.28. The van der Waals surface area contributed by atoms with Gasteiger partial charge in [0.15, 0.2) is 0 Å². The monoisotopic (exact) mass is 326 g/mol. The SMILES string of the molecule is NCCc1cc(F)cc(Sc2ccc(Br)cn2)c1. The lowest BCUT2D eigenvalue weighted by Crippen LogP contribution is -2.03. The second-order valence-electron chi connectivity index (χ2n) is 3.75. The van der Waals surface area contributed by atoms with E-state index in [4.69, 9.17) is 5.73 Å². The molecule has 18 heavy (non-hydrogen) atoms. The van der Waals surface area contributed by atoms with Crippen LogP contribution in [0.5, 0.6) is 0 Å². The van der Waals surface area contributed by atoms with Crippen molar-refractivity contribution in [2.24, 2.45) is 5.73 Å². The van der Waals surface area contributed by atoms with E-state index in [0.29, 0.717) is 13.0 Å². The van der Waals surface area contributed by atoms with Crippen molar-refractivity contribution in [2.75, 3.05) is 6.54 Å². The summed E-state index contributed by atoms with van der Waals surface area (Å²) in [6.07, 6.45) is 2.40. The summed E-state index contributed by atoms with van der Waals surface area (Å²) >= 11 is 4.77. The predicted molar refractivity (Wildman–Crippen MR) is 75.2 cm³/mol. The lowest BCUT2D eigenvalue weighted by atomic mass is 10.1. The Bertz CT molecular complexity index is 531. The maximum Gasteiger partial charge on any atom is 0.124 e. The molecule has 1 heterocycles. The predicted octanol–water partition coefficient (Wildman–Crippen LogP) is 3.64. The first kappa shape index (κ1) is 13.5. The van der Waals surface area contributed by atoms with E-state index in [1.807, 2.05) is 18.2 Å². The number of benzene rings is 1. The number of nitrogens with two attached hydrogens (primary N) is 1. The lowest BCUT2D eigenvalue weighted by molar-refractivity contribution is 0.621. The molecule has 0 aliphatic heterocycles. The molecule has 0 amide bonds. The van der Waals surface area contributed by atoms with E-state index in [0.717, 1.165) is 20.0 Å². The van der Waals surface area contributed by atoms with Crippen molar-refractivity contribution in [1.82, 2.24) is 4.98 Å². The molecular formula is C13H12BrFN2S. The molecule has 2 aromatic rings. The van der Waals surface area contributed by atoms with Gasteiger partial charge < -0.3 is 5.73 Å². The van der Waals surface area contributed by atoms with Crippen LogP contribution >= 0.6 is 27.7 Å². The van der Waals surface area contributed by atoms with E-state index in [9.17, 15) is 4.39 Å². The second-order valence-corrected chi connectivity index (χ2v) is 5.76. The Kier molecular flexibility index (Phi) is 4.74. The third-order valence-electron chi connectivity index (χ3n) is 2.29. The molecule has 1 aromatic heterocycles. The van der Waals surface area contributed by atoms with E-state index in [1.54, 1.807) is 6.20 Å². The fraction of sp³-hybridized carbons (Fsp3) is 0.154. The van der Waals surface area contributed by atoms with Gasteiger partial charge in [-0.05, 0) is 64.8 Å². The third kappa shape index (κ3) is 3.80. The van der Waals surface area contributed by atoms with Gasteiger partial charge in [-0.15, -0.1) is 0 Å². The summed E-state index contributed by atoms with van der Waals surface area (Å²) < 4.78 is 14.4. The molecule has 1 aromatic carbocycles. The Hall–Kier alpha value is -0.910. The van der Waals surface area contributed by atoms with Crippen molar-refractivity contribution in [3.05, 3.63) is 52.4 Å². The maximum atomic E-state index is 13.4. The molecule has 0 saturated heterocycles. The number of pyridine rings is 1. The fourth-order valence-corrected chi connectivity index (χ4v) is 2.63. The summed E-state index contributed by atoms with van der Waals surface area (Å²) in [7, 11) is 0. The Labute approximate surface area is 118 Å². The van der Waals surface area contributed by atoms with E-state index >= 15 is 0 Å². The molecule has 0 aliphatic rings. The fourth-order valence-electron chi connectivity index (χ4n) is 1.53. The van der Waals surface area contributed by atoms with Gasteiger partial charge in [0.1, 0.15) is 10.8 Å². The Morgan fingerprint density at radius 2 is 2.11 bits per heavy atom. The van der Waals surface area contributed by atoms with Gasteiger partial charge in [0.25, 0.3) is 0 Å². The van der Waals surface area contributed by atoms with E-state index in [2.05, 4.69) is 20.9 Å². The summed E-state index contributed by atoms with van der Waals surface area (Å²) in [5.41, 5.74) is 6.40. The molecule has 2 rings (SSSR count). The summed E-state index contributed by atoms with van der Waals surface area (Å²) in [5, 5.41) is 0.836. The van der Waals surface area contributed by atoms with Gasteiger partial charge in [-0.25, -0.2) is 9.37 Å². The van der Waals surface area contributed by atoms with Crippen LogP contribution in [0.25, 0.3) is 0 Å². The van der Waals surface area contributed by atoms with Crippen LogP contribution in [0.3, 0.4) is 0 Å². The molecule has 2 nitrogen and oxygen atoms in total.